The maximum Gasteiger partial charge on any atom is 0.185 e. The number of anilines is 1. The van der Waals surface area contributed by atoms with E-state index < -0.39 is 0 Å². The van der Waals surface area contributed by atoms with E-state index in [2.05, 4.69) is 22.2 Å². The van der Waals surface area contributed by atoms with Crippen LogP contribution in [0.2, 0.25) is 0 Å². The molecular weight excluding hydrogens is 218 g/mol. The highest BCUT2D eigenvalue weighted by atomic mass is 32.1. The van der Waals surface area contributed by atoms with Crippen LogP contribution < -0.4 is 10.6 Å². The summed E-state index contributed by atoms with van der Waals surface area (Å²) < 4.78 is 0. The molecule has 1 fully saturated rings. The maximum absolute atomic E-state index is 6.05. The molecule has 3 nitrogen and oxygen atoms in total. The van der Waals surface area contributed by atoms with Crippen LogP contribution in [0.3, 0.4) is 0 Å². The number of hydrogen-bond acceptors (Lipinski definition) is 4. The molecule has 2 N–H and O–H groups in total. The van der Waals surface area contributed by atoms with Crippen LogP contribution in [0.25, 0.3) is 0 Å². The van der Waals surface area contributed by atoms with Crippen LogP contribution in [0.5, 0.6) is 0 Å². The van der Waals surface area contributed by atoms with Crippen molar-refractivity contribution in [2.45, 2.75) is 39.2 Å². The number of nitrogens with two attached hydrogens (primary N) is 1. The Morgan fingerprint density at radius 1 is 1.56 bits per heavy atom. The lowest BCUT2D eigenvalue weighted by molar-refractivity contribution is 0.445. The van der Waals surface area contributed by atoms with Gasteiger partial charge in [0.2, 0.25) is 0 Å². The molecule has 4 heteroatoms. The molecule has 1 atom stereocenters. The van der Waals surface area contributed by atoms with Crippen LogP contribution in [0.15, 0.2) is 5.38 Å². The van der Waals surface area contributed by atoms with E-state index >= 15 is 0 Å². The molecule has 0 amide bonds. The van der Waals surface area contributed by atoms with Gasteiger partial charge in [0, 0.05) is 18.5 Å². The molecule has 0 saturated carbocycles. The van der Waals surface area contributed by atoms with Crippen molar-refractivity contribution >= 4 is 16.5 Å². The fraction of sp³-hybridized carbons (Fsp3) is 0.750. The normalized spacial score (nSPS) is 22.5. The van der Waals surface area contributed by atoms with Gasteiger partial charge < -0.3 is 10.6 Å². The first-order valence-electron chi connectivity index (χ1n) is 5.96. The van der Waals surface area contributed by atoms with E-state index in [4.69, 9.17) is 5.73 Å². The second-order valence-corrected chi connectivity index (χ2v) is 6.27. The second-order valence-electron chi connectivity index (χ2n) is 5.43. The molecule has 90 valence electrons. The van der Waals surface area contributed by atoms with Crippen LogP contribution in [0.4, 0.5) is 5.13 Å². The summed E-state index contributed by atoms with van der Waals surface area (Å²) in [5.74, 6) is 0.784. The van der Waals surface area contributed by atoms with Gasteiger partial charge in [0.25, 0.3) is 0 Å². The summed E-state index contributed by atoms with van der Waals surface area (Å²) in [4.78, 5) is 7.06. The lowest BCUT2D eigenvalue weighted by Crippen LogP contribution is -2.34. The van der Waals surface area contributed by atoms with E-state index in [0.717, 1.165) is 29.8 Å². The average Bonchev–Trinajstić information content (AvgIpc) is 2.65. The van der Waals surface area contributed by atoms with Crippen LogP contribution in [-0.2, 0) is 5.54 Å². The molecule has 2 heterocycles. The monoisotopic (exact) mass is 239 g/mol. The minimum absolute atomic E-state index is 0.323. The van der Waals surface area contributed by atoms with Crippen molar-refractivity contribution in [2.24, 2.45) is 11.7 Å². The smallest absolute Gasteiger partial charge is 0.185 e. The van der Waals surface area contributed by atoms with Crippen molar-refractivity contribution < 1.29 is 0 Å². The molecule has 1 unspecified atom stereocenters. The first kappa shape index (κ1) is 11.9. The van der Waals surface area contributed by atoms with Crippen LogP contribution >= 0.6 is 11.3 Å². The van der Waals surface area contributed by atoms with Crippen molar-refractivity contribution in [3.05, 3.63) is 11.1 Å². The molecule has 1 aliphatic heterocycles. The predicted molar refractivity (Wildman–Crippen MR) is 69.9 cm³/mol. The molecule has 0 bridgehead atoms. The van der Waals surface area contributed by atoms with Crippen molar-refractivity contribution in [2.75, 3.05) is 18.0 Å². The standard InChI is InChI=1S/C12H21N3S/c1-9-5-4-6-15(7-9)11-14-10(8-16-11)12(2,3)13/h8-9H,4-7,13H2,1-3H3. The van der Waals surface area contributed by atoms with E-state index in [1.165, 1.54) is 12.8 Å². The van der Waals surface area contributed by atoms with Crippen LogP contribution in [-0.4, -0.2) is 18.1 Å². The molecule has 16 heavy (non-hydrogen) atoms. The predicted octanol–water partition coefficient (Wildman–Crippen LogP) is 2.57. The van der Waals surface area contributed by atoms with Crippen molar-refractivity contribution in [3.8, 4) is 0 Å². The lowest BCUT2D eigenvalue weighted by atomic mass is 10.0. The Morgan fingerprint density at radius 2 is 2.31 bits per heavy atom. The van der Waals surface area contributed by atoms with Gasteiger partial charge in [-0.05, 0) is 32.6 Å². The van der Waals surface area contributed by atoms with E-state index in [0.29, 0.717) is 0 Å². The van der Waals surface area contributed by atoms with Gasteiger partial charge in [-0.1, -0.05) is 6.92 Å². The summed E-state index contributed by atoms with van der Waals surface area (Å²) >= 11 is 1.72. The molecular formula is C12H21N3S. The highest BCUT2D eigenvalue weighted by Crippen LogP contribution is 2.29. The molecule has 0 aromatic carbocycles. The van der Waals surface area contributed by atoms with Crippen molar-refractivity contribution in [3.63, 3.8) is 0 Å². The molecule has 1 aromatic heterocycles. The van der Waals surface area contributed by atoms with E-state index in [1.54, 1.807) is 11.3 Å². The summed E-state index contributed by atoms with van der Waals surface area (Å²) in [5, 5.41) is 3.23. The summed E-state index contributed by atoms with van der Waals surface area (Å²) in [6, 6.07) is 0. The van der Waals surface area contributed by atoms with Gasteiger partial charge in [-0.15, -0.1) is 11.3 Å². The zero-order chi connectivity index (χ0) is 11.8. The van der Waals surface area contributed by atoms with Gasteiger partial charge >= 0.3 is 0 Å². The summed E-state index contributed by atoms with van der Waals surface area (Å²) in [5.41, 5.74) is 6.73. The summed E-state index contributed by atoms with van der Waals surface area (Å²) in [6.45, 7) is 8.60. The van der Waals surface area contributed by atoms with Gasteiger partial charge in [-0.3, -0.25) is 0 Å². The molecule has 0 radical (unpaired) electrons. The molecule has 0 spiro atoms. The van der Waals surface area contributed by atoms with E-state index in [-0.39, 0.29) is 5.54 Å². The zero-order valence-electron chi connectivity index (χ0n) is 10.4. The first-order valence-corrected chi connectivity index (χ1v) is 6.84. The Kier molecular flexibility index (Phi) is 3.22. The topological polar surface area (TPSA) is 42.2 Å². The number of aromatic nitrogens is 1. The number of thiazole rings is 1. The Morgan fingerprint density at radius 3 is 2.88 bits per heavy atom. The first-order chi connectivity index (χ1) is 7.47. The Hall–Kier alpha value is -0.610. The maximum atomic E-state index is 6.05. The van der Waals surface area contributed by atoms with Crippen LogP contribution in [0, 0.1) is 5.92 Å². The highest BCUT2D eigenvalue weighted by molar-refractivity contribution is 7.13. The highest BCUT2D eigenvalue weighted by Gasteiger charge is 2.22. The molecule has 1 saturated heterocycles. The number of hydrogen-bond donors (Lipinski definition) is 1. The van der Waals surface area contributed by atoms with E-state index in [9.17, 15) is 0 Å². The van der Waals surface area contributed by atoms with Crippen molar-refractivity contribution in [1.82, 2.24) is 4.98 Å². The average molecular weight is 239 g/mol. The summed E-state index contributed by atoms with van der Waals surface area (Å²) in [6.07, 6.45) is 2.62. The minimum Gasteiger partial charge on any atom is -0.348 e. The summed E-state index contributed by atoms with van der Waals surface area (Å²) in [7, 11) is 0. The quantitative estimate of drug-likeness (QED) is 0.862. The van der Waals surface area contributed by atoms with Crippen molar-refractivity contribution in [1.29, 1.82) is 0 Å². The van der Waals surface area contributed by atoms with E-state index in [1.807, 2.05) is 13.8 Å². The third-order valence-electron chi connectivity index (χ3n) is 3.08. The third kappa shape index (κ3) is 2.55. The fourth-order valence-corrected chi connectivity index (χ4v) is 3.11. The minimum atomic E-state index is -0.323. The fourth-order valence-electron chi connectivity index (χ4n) is 2.07. The number of nitrogens with zero attached hydrogens (tertiary/aromatic N) is 2. The second kappa shape index (κ2) is 4.34. The van der Waals surface area contributed by atoms with Gasteiger partial charge in [-0.25, -0.2) is 4.98 Å². The molecule has 2 rings (SSSR count). The zero-order valence-corrected chi connectivity index (χ0v) is 11.2. The third-order valence-corrected chi connectivity index (χ3v) is 3.98. The lowest BCUT2D eigenvalue weighted by Gasteiger charge is -2.30. The van der Waals surface area contributed by atoms with Gasteiger partial charge in [0.15, 0.2) is 5.13 Å². The van der Waals surface area contributed by atoms with Gasteiger partial charge in [-0.2, -0.15) is 0 Å². The molecule has 1 aromatic rings. The molecule has 1 aliphatic rings. The number of rotatable bonds is 2. The van der Waals surface area contributed by atoms with Crippen LogP contribution in [0.1, 0.15) is 39.3 Å². The molecule has 0 aliphatic carbocycles. The number of piperidine rings is 1. The Labute approximate surface area is 102 Å². The SMILES string of the molecule is CC1CCCN(c2nc(C(C)(C)N)cs2)C1. The van der Waals surface area contributed by atoms with Gasteiger partial charge in [0.05, 0.1) is 11.2 Å². The Balaban J connectivity index is 2.12. The van der Waals surface area contributed by atoms with Gasteiger partial charge in [0.1, 0.15) is 0 Å². The largest absolute Gasteiger partial charge is 0.348 e. The Bertz CT molecular complexity index is 353.